The molecule has 2 aliphatic heterocycles. The summed E-state index contributed by atoms with van der Waals surface area (Å²) in [5.74, 6) is 0.359. The fraction of sp³-hybridized carbons (Fsp3) is 0.786. The Labute approximate surface area is 113 Å². The van der Waals surface area contributed by atoms with E-state index in [1.54, 1.807) is 16.7 Å². The molecule has 0 radical (unpaired) electrons. The van der Waals surface area contributed by atoms with Gasteiger partial charge in [0.25, 0.3) is 0 Å². The summed E-state index contributed by atoms with van der Waals surface area (Å²) >= 11 is 0. The zero-order chi connectivity index (χ0) is 13.8. The first-order valence-electron chi connectivity index (χ1n) is 7.17. The Morgan fingerprint density at radius 1 is 1.26 bits per heavy atom. The van der Waals surface area contributed by atoms with E-state index < -0.39 is 0 Å². The number of amides is 2. The zero-order valence-corrected chi connectivity index (χ0v) is 11.6. The number of carbonyl (C=O) groups is 3. The van der Waals surface area contributed by atoms with Crippen LogP contribution in [0, 0.1) is 0 Å². The molecule has 2 heterocycles. The molecule has 2 amide bonds. The number of piperidine rings is 1. The first-order chi connectivity index (χ1) is 9.09. The van der Waals surface area contributed by atoms with E-state index >= 15 is 0 Å². The highest BCUT2D eigenvalue weighted by Gasteiger charge is 2.39. The average Bonchev–Trinajstić information content (AvgIpc) is 2.40. The normalized spacial score (nSPS) is 23.5. The Morgan fingerprint density at radius 2 is 2.05 bits per heavy atom. The van der Waals surface area contributed by atoms with Crippen LogP contribution in [0.15, 0.2) is 0 Å². The van der Waals surface area contributed by atoms with Crippen LogP contribution in [0.5, 0.6) is 0 Å². The topological polar surface area (TPSA) is 57.7 Å². The summed E-state index contributed by atoms with van der Waals surface area (Å²) in [4.78, 5) is 38.6. The Kier molecular flexibility index (Phi) is 4.56. The van der Waals surface area contributed by atoms with Gasteiger partial charge in [-0.3, -0.25) is 9.59 Å². The van der Waals surface area contributed by atoms with E-state index in [0.29, 0.717) is 13.0 Å². The zero-order valence-electron chi connectivity index (χ0n) is 11.6. The average molecular weight is 266 g/mol. The molecule has 5 heteroatoms. The lowest BCUT2D eigenvalue weighted by atomic mass is 9.98. The Bertz CT molecular complexity index is 381. The smallest absolute Gasteiger partial charge is 0.245 e. The van der Waals surface area contributed by atoms with Crippen molar-refractivity contribution in [2.75, 3.05) is 19.6 Å². The van der Waals surface area contributed by atoms with Crippen molar-refractivity contribution >= 4 is 17.6 Å². The number of Topliss-reactive ketones (excluding diaryl/α,β-unsaturated/α-hetero) is 1. The lowest BCUT2D eigenvalue weighted by Crippen LogP contribution is -2.61. The van der Waals surface area contributed by atoms with Crippen LogP contribution in [0.2, 0.25) is 0 Å². The Balaban J connectivity index is 1.86. The van der Waals surface area contributed by atoms with Crippen LogP contribution in [0.25, 0.3) is 0 Å². The minimum Gasteiger partial charge on any atom is -0.332 e. The van der Waals surface area contributed by atoms with Crippen molar-refractivity contribution in [3.05, 3.63) is 0 Å². The molecule has 2 fully saturated rings. The molecule has 0 aromatic carbocycles. The molecule has 0 aromatic rings. The van der Waals surface area contributed by atoms with Gasteiger partial charge in [-0.05, 0) is 39.0 Å². The van der Waals surface area contributed by atoms with Crippen molar-refractivity contribution < 1.29 is 14.4 Å². The molecular formula is C14H22N2O3. The number of hydrogen-bond acceptors (Lipinski definition) is 3. The van der Waals surface area contributed by atoms with Gasteiger partial charge in [0.15, 0.2) is 0 Å². The van der Waals surface area contributed by atoms with E-state index in [0.717, 1.165) is 38.6 Å². The molecule has 0 aliphatic carbocycles. The summed E-state index contributed by atoms with van der Waals surface area (Å²) in [7, 11) is 0. The van der Waals surface area contributed by atoms with Crippen LogP contribution >= 0.6 is 0 Å². The Hall–Kier alpha value is -1.39. The van der Waals surface area contributed by atoms with Crippen molar-refractivity contribution in [1.82, 2.24) is 9.80 Å². The highest BCUT2D eigenvalue weighted by atomic mass is 16.2. The van der Waals surface area contributed by atoms with Crippen molar-refractivity contribution in [1.29, 1.82) is 0 Å². The molecule has 106 valence electrons. The lowest BCUT2D eigenvalue weighted by Gasteiger charge is -2.42. The van der Waals surface area contributed by atoms with Crippen LogP contribution < -0.4 is 0 Å². The summed E-state index contributed by atoms with van der Waals surface area (Å²) in [5, 5.41) is 0. The predicted octanol–water partition coefficient (Wildman–Crippen LogP) is 0.969. The first-order valence-corrected chi connectivity index (χ1v) is 7.17. The SMILES string of the molecule is CC(=O)CCCCN1CC(=O)N2CCCCC2C1=O. The van der Waals surface area contributed by atoms with E-state index in [4.69, 9.17) is 0 Å². The van der Waals surface area contributed by atoms with Crippen LogP contribution in [0.1, 0.15) is 45.4 Å². The highest BCUT2D eigenvalue weighted by molar-refractivity contribution is 5.95. The second kappa shape index (κ2) is 6.17. The standard InChI is InChI=1S/C14H22N2O3/c1-11(17)6-2-4-8-15-10-13(18)16-9-5-3-7-12(16)14(15)19/h12H,2-10H2,1H3. The summed E-state index contributed by atoms with van der Waals surface area (Å²) in [6, 6.07) is -0.220. The fourth-order valence-electron chi connectivity index (χ4n) is 2.90. The predicted molar refractivity (Wildman–Crippen MR) is 70.5 cm³/mol. The summed E-state index contributed by atoms with van der Waals surface area (Å²) < 4.78 is 0. The van der Waals surface area contributed by atoms with Gasteiger partial charge in [-0.15, -0.1) is 0 Å². The summed E-state index contributed by atoms with van der Waals surface area (Å²) in [6.07, 6.45) is 4.99. The largest absolute Gasteiger partial charge is 0.332 e. The number of nitrogens with zero attached hydrogens (tertiary/aromatic N) is 2. The van der Waals surface area contributed by atoms with E-state index in [2.05, 4.69) is 0 Å². The molecule has 1 atom stereocenters. The van der Waals surface area contributed by atoms with E-state index in [1.165, 1.54) is 0 Å². The van der Waals surface area contributed by atoms with Crippen molar-refractivity contribution in [2.24, 2.45) is 0 Å². The number of hydrogen-bond donors (Lipinski definition) is 0. The first kappa shape index (κ1) is 14.0. The van der Waals surface area contributed by atoms with Gasteiger partial charge in [0, 0.05) is 19.5 Å². The molecule has 0 aromatic heterocycles. The van der Waals surface area contributed by atoms with Crippen molar-refractivity contribution in [3.8, 4) is 0 Å². The van der Waals surface area contributed by atoms with Gasteiger partial charge >= 0.3 is 0 Å². The maximum absolute atomic E-state index is 12.3. The molecular weight excluding hydrogens is 244 g/mol. The van der Waals surface area contributed by atoms with E-state index in [1.807, 2.05) is 0 Å². The second-order valence-corrected chi connectivity index (χ2v) is 5.52. The van der Waals surface area contributed by atoms with Crippen LogP contribution in [-0.2, 0) is 14.4 Å². The number of unbranched alkanes of at least 4 members (excludes halogenated alkanes) is 1. The quantitative estimate of drug-likeness (QED) is 0.697. The summed E-state index contributed by atoms with van der Waals surface area (Å²) in [6.45, 7) is 3.13. The van der Waals surface area contributed by atoms with Gasteiger partial charge in [-0.2, -0.15) is 0 Å². The van der Waals surface area contributed by atoms with Gasteiger partial charge in [-0.25, -0.2) is 0 Å². The second-order valence-electron chi connectivity index (χ2n) is 5.52. The monoisotopic (exact) mass is 266 g/mol. The number of ketones is 1. The van der Waals surface area contributed by atoms with Crippen LogP contribution in [0.3, 0.4) is 0 Å². The van der Waals surface area contributed by atoms with Crippen molar-refractivity contribution in [3.63, 3.8) is 0 Å². The molecule has 0 saturated carbocycles. The fourth-order valence-corrected chi connectivity index (χ4v) is 2.90. The highest BCUT2D eigenvalue weighted by Crippen LogP contribution is 2.23. The number of carbonyl (C=O) groups excluding carboxylic acids is 3. The molecule has 2 aliphatic rings. The molecule has 0 N–H and O–H groups in total. The van der Waals surface area contributed by atoms with Crippen LogP contribution in [0.4, 0.5) is 0 Å². The molecule has 2 rings (SSSR count). The van der Waals surface area contributed by atoms with E-state index in [-0.39, 0.29) is 30.2 Å². The molecule has 5 nitrogen and oxygen atoms in total. The van der Waals surface area contributed by atoms with Gasteiger partial charge in [-0.1, -0.05) is 0 Å². The minimum atomic E-state index is -0.220. The van der Waals surface area contributed by atoms with Gasteiger partial charge < -0.3 is 14.6 Å². The van der Waals surface area contributed by atoms with Gasteiger partial charge in [0.05, 0.1) is 6.54 Å². The number of rotatable bonds is 5. The third-order valence-corrected chi connectivity index (χ3v) is 3.95. The van der Waals surface area contributed by atoms with E-state index in [9.17, 15) is 14.4 Å². The maximum Gasteiger partial charge on any atom is 0.245 e. The molecule has 1 unspecified atom stereocenters. The third-order valence-electron chi connectivity index (χ3n) is 3.95. The minimum absolute atomic E-state index is 0.0795. The number of piperazine rings is 1. The number of fused-ring (bicyclic) bond motifs is 1. The maximum atomic E-state index is 12.3. The molecule has 0 spiro atoms. The van der Waals surface area contributed by atoms with Gasteiger partial charge in [0.1, 0.15) is 11.8 Å². The third kappa shape index (κ3) is 3.33. The summed E-state index contributed by atoms with van der Waals surface area (Å²) in [5.41, 5.74) is 0. The molecule has 0 bridgehead atoms. The molecule has 2 saturated heterocycles. The van der Waals surface area contributed by atoms with Crippen molar-refractivity contribution in [2.45, 2.75) is 51.5 Å². The van der Waals surface area contributed by atoms with Gasteiger partial charge in [0.2, 0.25) is 11.8 Å². The van der Waals surface area contributed by atoms with Crippen LogP contribution in [-0.4, -0.2) is 53.1 Å². The molecule has 19 heavy (non-hydrogen) atoms. The Morgan fingerprint density at radius 3 is 2.79 bits per heavy atom. The lowest BCUT2D eigenvalue weighted by molar-refractivity contribution is -0.157.